The number of aromatic nitrogens is 1. The number of anilines is 1. The second kappa shape index (κ2) is 5.84. The first kappa shape index (κ1) is 13.5. The predicted octanol–water partition coefficient (Wildman–Crippen LogP) is 1.32. The lowest BCUT2D eigenvalue weighted by atomic mass is 10.2. The third-order valence-corrected chi connectivity index (χ3v) is 3.42. The Labute approximate surface area is 113 Å². The number of nitrogens with zero attached hydrogens (tertiary/aromatic N) is 3. The molecule has 0 saturated carbocycles. The van der Waals surface area contributed by atoms with Gasteiger partial charge in [-0.2, -0.15) is 0 Å². The van der Waals surface area contributed by atoms with Crippen LogP contribution in [0.2, 0.25) is 0 Å². The summed E-state index contributed by atoms with van der Waals surface area (Å²) in [5, 5.41) is 8.72. The van der Waals surface area contributed by atoms with Crippen molar-refractivity contribution in [2.24, 2.45) is 0 Å². The topological polar surface area (TPSA) is 56.7 Å². The summed E-state index contributed by atoms with van der Waals surface area (Å²) in [6.45, 7) is 1.88. The zero-order valence-corrected chi connectivity index (χ0v) is 11.3. The van der Waals surface area contributed by atoms with Crippen LogP contribution in [-0.4, -0.2) is 54.2 Å². The Morgan fingerprint density at radius 2 is 2.37 bits per heavy atom. The maximum Gasteiger partial charge on any atom is 0.328 e. The summed E-state index contributed by atoms with van der Waals surface area (Å²) in [7, 11) is 4.16. The third kappa shape index (κ3) is 3.32. The van der Waals surface area contributed by atoms with E-state index in [1.165, 1.54) is 0 Å². The maximum absolute atomic E-state index is 10.6. The van der Waals surface area contributed by atoms with Gasteiger partial charge >= 0.3 is 5.97 Å². The van der Waals surface area contributed by atoms with E-state index in [0.29, 0.717) is 6.04 Å². The van der Waals surface area contributed by atoms with Gasteiger partial charge in [0.25, 0.3) is 0 Å². The molecule has 1 saturated heterocycles. The lowest BCUT2D eigenvalue weighted by Crippen LogP contribution is -2.31. The Hall–Kier alpha value is -1.88. The van der Waals surface area contributed by atoms with E-state index in [9.17, 15) is 4.79 Å². The number of pyridine rings is 1. The molecule has 0 amide bonds. The van der Waals surface area contributed by atoms with Crippen molar-refractivity contribution in [1.29, 1.82) is 0 Å². The summed E-state index contributed by atoms with van der Waals surface area (Å²) in [6, 6.07) is 4.24. The summed E-state index contributed by atoms with van der Waals surface area (Å²) in [5.74, 6) is -0.0771. The Morgan fingerprint density at radius 3 is 3.00 bits per heavy atom. The van der Waals surface area contributed by atoms with Crippen LogP contribution in [0.25, 0.3) is 6.08 Å². The summed E-state index contributed by atoms with van der Waals surface area (Å²) < 4.78 is 0. The molecule has 1 aliphatic rings. The van der Waals surface area contributed by atoms with E-state index in [1.807, 2.05) is 12.1 Å². The molecular formula is C14H19N3O2. The molecular weight excluding hydrogens is 242 g/mol. The Kier molecular flexibility index (Phi) is 4.16. The van der Waals surface area contributed by atoms with Crippen LogP contribution in [0.4, 0.5) is 5.82 Å². The van der Waals surface area contributed by atoms with Crippen LogP contribution in [0.1, 0.15) is 12.0 Å². The number of likely N-dealkylation sites (N-methyl/N-ethyl adjacent to an activating group) is 1. The molecule has 102 valence electrons. The predicted molar refractivity (Wildman–Crippen MR) is 75.2 cm³/mol. The third-order valence-electron chi connectivity index (χ3n) is 3.42. The smallest absolute Gasteiger partial charge is 0.328 e. The molecule has 2 heterocycles. The summed E-state index contributed by atoms with van der Waals surface area (Å²) >= 11 is 0. The fraction of sp³-hybridized carbons (Fsp3) is 0.429. The van der Waals surface area contributed by atoms with Crippen LogP contribution in [0.15, 0.2) is 24.4 Å². The minimum absolute atomic E-state index is 0.526. The molecule has 19 heavy (non-hydrogen) atoms. The van der Waals surface area contributed by atoms with Crippen LogP contribution in [0, 0.1) is 0 Å². The first-order valence-corrected chi connectivity index (χ1v) is 6.35. The second-order valence-electron chi connectivity index (χ2n) is 4.94. The van der Waals surface area contributed by atoms with Crippen molar-refractivity contribution in [3.8, 4) is 0 Å². The minimum Gasteiger partial charge on any atom is -0.478 e. The Morgan fingerprint density at radius 1 is 1.58 bits per heavy atom. The van der Waals surface area contributed by atoms with Gasteiger partial charge in [-0.1, -0.05) is 0 Å². The Bertz CT molecular complexity index is 485. The Balaban J connectivity index is 2.19. The molecule has 1 unspecified atom stereocenters. The molecule has 1 aromatic heterocycles. The van der Waals surface area contributed by atoms with Crippen LogP contribution < -0.4 is 4.90 Å². The highest BCUT2D eigenvalue weighted by Gasteiger charge is 2.25. The molecule has 1 atom stereocenters. The van der Waals surface area contributed by atoms with Gasteiger partial charge in [0.2, 0.25) is 0 Å². The van der Waals surface area contributed by atoms with E-state index in [1.54, 1.807) is 12.3 Å². The van der Waals surface area contributed by atoms with E-state index in [2.05, 4.69) is 28.9 Å². The molecule has 1 N–H and O–H groups in total. The van der Waals surface area contributed by atoms with E-state index in [4.69, 9.17) is 5.11 Å². The first-order valence-electron chi connectivity index (χ1n) is 6.35. The van der Waals surface area contributed by atoms with Gasteiger partial charge in [-0.25, -0.2) is 9.78 Å². The summed E-state index contributed by atoms with van der Waals surface area (Å²) in [4.78, 5) is 19.4. The molecule has 1 aromatic rings. The first-order chi connectivity index (χ1) is 9.08. The standard InChI is InChI=1S/C14H19N3O2/c1-16(2)12-7-9-17(10-12)14-11(4-3-8-15-14)5-6-13(18)19/h3-6,8,12H,7,9-10H2,1-2H3,(H,18,19)/b6-5+. The zero-order valence-electron chi connectivity index (χ0n) is 11.3. The average molecular weight is 261 g/mol. The van der Waals surface area contributed by atoms with Crippen LogP contribution in [0.3, 0.4) is 0 Å². The highest BCUT2D eigenvalue weighted by atomic mass is 16.4. The maximum atomic E-state index is 10.6. The monoisotopic (exact) mass is 261 g/mol. The number of rotatable bonds is 4. The number of carboxylic acid groups (broad SMARTS) is 1. The lowest BCUT2D eigenvalue weighted by molar-refractivity contribution is -0.131. The van der Waals surface area contributed by atoms with Gasteiger partial charge in [-0.3, -0.25) is 0 Å². The summed E-state index contributed by atoms with van der Waals surface area (Å²) in [6.07, 6.45) is 5.61. The lowest BCUT2D eigenvalue weighted by Gasteiger charge is -2.22. The van der Waals surface area contributed by atoms with Crippen molar-refractivity contribution in [1.82, 2.24) is 9.88 Å². The quantitative estimate of drug-likeness (QED) is 0.828. The van der Waals surface area contributed by atoms with Crippen molar-refractivity contribution in [3.05, 3.63) is 30.0 Å². The fourth-order valence-corrected chi connectivity index (χ4v) is 2.32. The summed E-state index contributed by atoms with van der Waals surface area (Å²) in [5.41, 5.74) is 0.851. The molecule has 2 rings (SSSR count). The van der Waals surface area contributed by atoms with Gasteiger partial charge in [0, 0.05) is 37.0 Å². The molecule has 0 radical (unpaired) electrons. The number of carbonyl (C=O) groups is 1. The van der Waals surface area contributed by atoms with Gasteiger partial charge in [-0.05, 0) is 38.7 Å². The number of hydrogen-bond acceptors (Lipinski definition) is 4. The normalized spacial score (nSPS) is 19.5. The van der Waals surface area contributed by atoms with Crippen molar-refractivity contribution in [3.63, 3.8) is 0 Å². The molecule has 1 aliphatic heterocycles. The molecule has 0 spiro atoms. The van der Waals surface area contributed by atoms with Crippen molar-refractivity contribution in [2.45, 2.75) is 12.5 Å². The molecule has 0 bridgehead atoms. The van der Waals surface area contributed by atoms with Gasteiger partial charge < -0.3 is 14.9 Å². The largest absolute Gasteiger partial charge is 0.478 e. The minimum atomic E-state index is -0.942. The van der Waals surface area contributed by atoms with E-state index < -0.39 is 5.97 Å². The van der Waals surface area contributed by atoms with Crippen LogP contribution in [0.5, 0.6) is 0 Å². The van der Waals surface area contributed by atoms with Gasteiger partial charge in [0.05, 0.1) is 0 Å². The van der Waals surface area contributed by atoms with Crippen LogP contribution in [-0.2, 0) is 4.79 Å². The molecule has 1 fully saturated rings. The van der Waals surface area contributed by atoms with Gasteiger partial charge in [-0.15, -0.1) is 0 Å². The van der Waals surface area contributed by atoms with Crippen LogP contribution >= 0.6 is 0 Å². The van der Waals surface area contributed by atoms with Crippen molar-refractivity contribution < 1.29 is 9.90 Å². The van der Waals surface area contributed by atoms with Crippen molar-refractivity contribution in [2.75, 3.05) is 32.1 Å². The average Bonchev–Trinajstić information content (AvgIpc) is 2.86. The van der Waals surface area contributed by atoms with Gasteiger partial charge in [0.1, 0.15) is 5.82 Å². The number of aliphatic carboxylic acids is 1. The highest BCUT2D eigenvalue weighted by Crippen LogP contribution is 2.24. The molecule has 5 nitrogen and oxygen atoms in total. The molecule has 0 aliphatic carbocycles. The zero-order chi connectivity index (χ0) is 13.8. The van der Waals surface area contributed by atoms with E-state index in [0.717, 1.165) is 37.0 Å². The fourth-order valence-electron chi connectivity index (χ4n) is 2.32. The molecule has 0 aromatic carbocycles. The highest BCUT2D eigenvalue weighted by molar-refractivity contribution is 5.86. The number of hydrogen-bond donors (Lipinski definition) is 1. The van der Waals surface area contributed by atoms with E-state index >= 15 is 0 Å². The van der Waals surface area contributed by atoms with Crippen molar-refractivity contribution >= 4 is 17.9 Å². The second-order valence-corrected chi connectivity index (χ2v) is 4.94. The number of carboxylic acids is 1. The van der Waals surface area contributed by atoms with Gasteiger partial charge in [0.15, 0.2) is 0 Å². The SMILES string of the molecule is CN(C)C1CCN(c2ncccc2/C=C/C(=O)O)C1. The van der Waals surface area contributed by atoms with E-state index in [-0.39, 0.29) is 0 Å². The molecule has 5 heteroatoms.